The Kier molecular flexibility index (Phi) is 6.77. The van der Waals surface area contributed by atoms with E-state index in [9.17, 15) is 14.4 Å². The third-order valence-electron chi connectivity index (χ3n) is 5.37. The molecular formula is C25H25N3O4. The number of rotatable bonds is 6. The van der Waals surface area contributed by atoms with E-state index in [1.165, 1.54) is 0 Å². The monoisotopic (exact) mass is 431 g/mol. The molecule has 2 N–H and O–H groups in total. The molecule has 1 heterocycles. The largest absolute Gasteiger partial charge is 0.378 e. The molecule has 3 aromatic carbocycles. The first-order chi connectivity index (χ1) is 15.6. The number of nitrogens with one attached hydrogen (secondary N) is 2. The molecular weight excluding hydrogens is 406 g/mol. The van der Waals surface area contributed by atoms with Gasteiger partial charge in [-0.15, -0.1) is 0 Å². The van der Waals surface area contributed by atoms with Crippen molar-refractivity contribution in [2.75, 3.05) is 38.2 Å². The van der Waals surface area contributed by atoms with E-state index in [0.717, 1.165) is 16.3 Å². The fourth-order valence-corrected chi connectivity index (χ4v) is 3.75. The van der Waals surface area contributed by atoms with Crippen LogP contribution in [0.3, 0.4) is 0 Å². The first kappa shape index (κ1) is 21.5. The highest BCUT2D eigenvalue weighted by Gasteiger charge is 2.19. The molecule has 164 valence electrons. The van der Waals surface area contributed by atoms with Crippen LogP contribution in [0.4, 0.5) is 5.69 Å². The number of carbonyl (C=O) groups excluding carboxylic acids is 3. The van der Waals surface area contributed by atoms with E-state index in [1.54, 1.807) is 29.2 Å². The van der Waals surface area contributed by atoms with Crippen molar-refractivity contribution in [2.24, 2.45) is 0 Å². The zero-order valence-electron chi connectivity index (χ0n) is 17.7. The van der Waals surface area contributed by atoms with Gasteiger partial charge in [0.05, 0.1) is 26.2 Å². The quantitative estimate of drug-likeness (QED) is 0.628. The summed E-state index contributed by atoms with van der Waals surface area (Å²) in [7, 11) is 0. The second-order valence-electron chi connectivity index (χ2n) is 7.63. The topological polar surface area (TPSA) is 87.7 Å². The molecule has 0 aliphatic carbocycles. The van der Waals surface area contributed by atoms with E-state index < -0.39 is 0 Å². The summed E-state index contributed by atoms with van der Waals surface area (Å²) in [4.78, 5) is 39.1. The number of anilines is 1. The molecule has 0 radical (unpaired) electrons. The Morgan fingerprint density at radius 3 is 2.47 bits per heavy atom. The van der Waals surface area contributed by atoms with Gasteiger partial charge >= 0.3 is 0 Å². The lowest BCUT2D eigenvalue weighted by Crippen LogP contribution is -2.40. The van der Waals surface area contributed by atoms with E-state index in [-0.39, 0.29) is 30.7 Å². The highest BCUT2D eigenvalue weighted by Crippen LogP contribution is 2.19. The molecule has 1 saturated heterocycles. The summed E-state index contributed by atoms with van der Waals surface area (Å²) in [5.74, 6) is -0.673. The Labute approximate surface area is 186 Å². The Hall–Kier alpha value is -3.71. The molecule has 1 aliphatic heterocycles. The number of hydrogen-bond acceptors (Lipinski definition) is 4. The molecule has 1 aliphatic rings. The normalized spacial score (nSPS) is 13.6. The minimum Gasteiger partial charge on any atom is -0.378 e. The highest BCUT2D eigenvalue weighted by molar-refractivity contribution is 5.98. The van der Waals surface area contributed by atoms with Crippen molar-refractivity contribution in [3.63, 3.8) is 0 Å². The summed E-state index contributed by atoms with van der Waals surface area (Å²) in [5.41, 5.74) is 1.93. The smallest absolute Gasteiger partial charge is 0.254 e. The predicted octanol–water partition coefficient (Wildman–Crippen LogP) is 2.61. The Morgan fingerprint density at radius 2 is 1.62 bits per heavy atom. The van der Waals surface area contributed by atoms with Gasteiger partial charge in [0.15, 0.2) is 0 Å². The van der Waals surface area contributed by atoms with Crippen molar-refractivity contribution >= 4 is 34.2 Å². The van der Waals surface area contributed by atoms with Gasteiger partial charge in [0.2, 0.25) is 11.8 Å². The van der Waals surface area contributed by atoms with Gasteiger partial charge in [0.25, 0.3) is 5.91 Å². The maximum atomic E-state index is 12.6. The van der Waals surface area contributed by atoms with E-state index in [1.807, 2.05) is 42.5 Å². The summed E-state index contributed by atoms with van der Waals surface area (Å²) in [6, 6.07) is 20.5. The van der Waals surface area contributed by atoms with E-state index in [2.05, 4.69) is 10.6 Å². The highest BCUT2D eigenvalue weighted by atomic mass is 16.5. The minimum absolute atomic E-state index is 0.0900. The molecule has 0 aromatic heterocycles. The van der Waals surface area contributed by atoms with Crippen LogP contribution in [0.15, 0.2) is 66.7 Å². The van der Waals surface area contributed by atoms with Crippen molar-refractivity contribution in [3.8, 4) is 0 Å². The number of hydrogen-bond donors (Lipinski definition) is 2. The summed E-state index contributed by atoms with van der Waals surface area (Å²) in [6.45, 7) is 2.02. The summed E-state index contributed by atoms with van der Waals surface area (Å²) in [5, 5.41) is 7.50. The second-order valence-corrected chi connectivity index (χ2v) is 7.63. The van der Waals surface area contributed by atoms with Crippen molar-refractivity contribution in [3.05, 3.63) is 77.9 Å². The maximum Gasteiger partial charge on any atom is 0.254 e. The maximum absolute atomic E-state index is 12.6. The van der Waals surface area contributed by atoms with Crippen LogP contribution in [0.5, 0.6) is 0 Å². The molecule has 4 rings (SSSR count). The molecule has 3 aromatic rings. The number of ether oxygens (including phenoxy) is 1. The van der Waals surface area contributed by atoms with Crippen LogP contribution in [0.1, 0.15) is 15.9 Å². The van der Waals surface area contributed by atoms with Crippen molar-refractivity contribution in [1.82, 2.24) is 10.2 Å². The van der Waals surface area contributed by atoms with Crippen molar-refractivity contribution in [1.29, 1.82) is 0 Å². The van der Waals surface area contributed by atoms with Crippen molar-refractivity contribution in [2.45, 2.75) is 6.42 Å². The third kappa shape index (κ3) is 5.31. The SMILES string of the molecule is O=C(Cc1cccc2ccccc12)NCC(=O)Nc1cccc(C(=O)N2CCOCC2)c1. The van der Waals surface area contributed by atoms with E-state index in [4.69, 9.17) is 4.74 Å². The predicted molar refractivity (Wildman–Crippen MR) is 122 cm³/mol. The number of morpholine rings is 1. The lowest BCUT2D eigenvalue weighted by Gasteiger charge is -2.27. The average Bonchev–Trinajstić information content (AvgIpc) is 2.83. The number of amides is 3. The standard InChI is InChI=1S/C25H25N3O4/c29-23(16-19-7-3-6-18-5-1-2-10-22(18)19)26-17-24(30)27-21-9-4-8-20(15-21)25(31)28-11-13-32-14-12-28/h1-10,15H,11-14,16-17H2,(H,26,29)(H,27,30). The van der Waals surface area contributed by atoms with Gasteiger partial charge in [-0.1, -0.05) is 48.5 Å². The number of carbonyl (C=O) groups is 3. The van der Waals surface area contributed by atoms with Gasteiger partial charge in [-0.25, -0.2) is 0 Å². The molecule has 7 nitrogen and oxygen atoms in total. The van der Waals surface area contributed by atoms with Crippen LogP contribution < -0.4 is 10.6 Å². The van der Waals surface area contributed by atoms with Crippen molar-refractivity contribution < 1.29 is 19.1 Å². The van der Waals surface area contributed by atoms with Gasteiger partial charge in [-0.2, -0.15) is 0 Å². The fraction of sp³-hybridized carbons (Fsp3) is 0.240. The molecule has 0 bridgehead atoms. The lowest BCUT2D eigenvalue weighted by molar-refractivity contribution is -0.123. The second kappa shape index (κ2) is 10.1. The molecule has 0 atom stereocenters. The first-order valence-corrected chi connectivity index (χ1v) is 10.6. The molecule has 0 unspecified atom stereocenters. The van der Waals surface area contributed by atoms with Crippen LogP contribution in [0.25, 0.3) is 10.8 Å². The first-order valence-electron chi connectivity index (χ1n) is 10.6. The van der Waals surface area contributed by atoms with E-state index >= 15 is 0 Å². The third-order valence-corrected chi connectivity index (χ3v) is 5.37. The zero-order valence-corrected chi connectivity index (χ0v) is 17.7. The Balaban J connectivity index is 1.31. The molecule has 0 spiro atoms. The van der Waals surface area contributed by atoms with Crippen LogP contribution in [-0.2, 0) is 20.7 Å². The fourth-order valence-electron chi connectivity index (χ4n) is 3.75. The summed E-state index contributed by atoms with van der Waals surface area (Å²) < 4.78 is 5.28. The van der Waals surface area contributed by atoms with Gasteiger partial charge in [0.1, 0.15) is 0 Å². The van der Waals surface area contributed by atoms with Gasteiger partial charge in [-0.3, -0.25) is 14.4 Å². The number of benzene rings is 3. The Bertz CT molecular complexity index is 1130. The zero-order chi connectivity index (χ0) is 22.3. The van der Waals surface area contributed by atoms with Crippen LogP contribution >= 0.6 is 0 Å². The molecule has 32 heavy (non-hydrogen) atoms. The number of fused-ring (bicyclic) bond motifs is 1. The van der Waals surface area contributed by atoms with Crippen LogP contribution in [0, 0.1) is 0 Å². The average molecular weight is 431 g/mol. The van der Waals surface area contributed by atoms with Gasteiger partial charge in [0, 0.05) is 24.3 Å². The van der Waals surface area contributed by atoms with Crippen LogP contribution in [0.2, 0.25) is 0 Å². The van der Waals surface area contributed by atoms with Crippen LogP contribution in [-0.4, -0.2) is 55.5 Å². The Morgan fingerprint density at radius 1 is 0.875 bits per heavy atom. The number of nitrogens with zero attached hydrogens (tertiary/aromatic N) is 1. The molecule has 1 fully saturated rings. The van der Waals surface area contributed by atoms with Gasteiger partial charge < -0.3 is 20.3 Å². The molecule has 0 saturated carbocycles. The van der Waals surface area contributed by atoms with E-state index in [0.29, 0.717) is 37.6 Å². The molecule has 3 amide bonds. The lowest BCUT2D eigenvalue weighted by atomic mass is 10.0. The summed E-state index contributed by atoms with van der Waals surface area (Å²) in [6.07, 6.45) is 0.193. The van der Waals surface area contributed by atoms with Gasteiger partial charge in [-0.05, 0) is 34.5 Å². The molecule has 7 heteroatoms. The summed E-state index contributed by atoms with van der Waals surface area (Å²) >= 11 is 0. The minimum atomic E-state index is -0.354.